The minimum absolute atomic E-state index is 0.184. The lowest BCUT2D eigenvalue weighted by Crippen LogP contribution is -2.40. The van der Waals surface area contributed by atoms with E-state index in [2.05, 4.69) is 4.99 Å². The summed E-state index contributed by atoms with van der Waals surface area (Å²) < 4.78 is 87.7. The van der Waals surface area contributed by atoms with E-state index in [1.807, 2.05) is 60.7 Å². The fourth-order valence-corrected chi connectivity index (χ4v) is 9.48. The number of halogens is 1. The maximum atomic E-state index is 15.7. The monoisotopic (exact) mass is 680 g/mol. The molecule has 0 bridgehead atoms. The van der Waals surface area contributed by atoms with Gasteiger partial charge in [-0.25, -0.2) is 21.2 Å². The summed E-state index contributed by atoms with van der Waals surface area (Å²) in [7, 11) is -5.81. The normalized spacial score (nSPS) is 13.0. The fourth-order valence-electron chi connectivity index (χ4n) is 5.43. The summed E-state index contributed by atoms with van der Waals surface area (Å²) in [6, 6.07) is 25.4. The fraction of sp³-hybridized carbons (Fsp3) is 0.286. The number of sulfonamides is 2. The lowest BCUT2D eigenvalue weighted by molar-refractivity contribution is 0.353. The quantitative estimate of drug-likeness (QED) is 0.178. The molecule has 0 aliphatic carbocycles. The Morgan fingerprint density at radius 1 is 0.723 bits per heavy atom. The molecular weight excluding hydrogens is 644 g/mol. The zero-order valence-electron chi connectivity index (χ0n) is 26.3. The Labute approximate surface area is 275 Å². The van der Waals surface area contributed by atoms with Crippen LogP contribution in [-0.4, -0.2) is 49.1 Å². The summed E-state index contributed by atoms with van der Waals surface area (Å²) in [6.07, 6.45) is 1.62. The van der Waals surface area contributed by atoms with E-state index in [4.69, 9.17) is 14.2 Å². The van der Waals surface area contributed by atoms with E-state index in [9.17, 15) is 16.8 Å². The molecule has 0 saturated heterocycles. The van der Waals surface area contributed by atoms with Crippen LogP contribution in [0, 0.1) is 5.82 Å². The average molecular weight is 681 g/mol. The van der Waals surface area contributed by atoms with Gasteiger partial charge in [0.1, 0.15) is 5.76 Å². The van der Waals surface area contributed by atoms with Crippen LogP contribution < -0.4 is 28.5 Å². The number of methoxy groups -OCH3 is 2. The van der Waals surface area contributed by atoms with Gasteiger partial charge < -0.3 is 14.2 Å². The Hall–Kier alpha value is -4.42. The molecule has 0 spiro atoms. The summed E-state index contributed by atoms with van der Waals surface area (Å²) in [4.78, 5) is 4.50. The zero-order chi connectivity index (χ0) is 33.4. The third kappa shape index (κ3) is 8.30. The van der Waals surface area contributed by atoms with Gasteiger partial charge in [-0.2, -0.15) is 3.71 Å². The molecule has 4 aromatic carbocycles. The topological polar surface area (TPSA) is 112 Å². The molecule has 47 heavy (non-hydrogen) atoms. The lowest BCUT2D eigenvalue weighted by atomic mass is 10.1. The van der Waals surface area contributed by atoms with Gasteiger partial charge >= 0.3 is 0 Å². The summed E-state index contributed by atoms with van der Waals surface area (Å²) in [5.74, 6) is -0.612. The summed E-state index contributed by atoms with van der Waals surface area (Å²) >= 11 is 0. The van der Waals surface area contributed by atoms with Gasteiger partial charge in [-0.1, -0.05) is 60.7 Å². The van der Waals surface area contributed by atoms with Crippen LogP contribution in [0.15, 0.2) is 96.0 Å². The molecule has 4 aromatic rings. The van der Waals surface area contributed by atoms with E-state index in [1.165, 1.54) is 26.4 Å². The smallest absolute Gasteiger partial charge is 0.248 e. The second-order valence-corrected chi connectivity index (χ2v) is 15.1. The summed E-state index contributed by atoms with van der Waals surface area (Å²) in [6.45, 7) is 0.397. The van der Waals surface area contributed by atoms with E-state index in [1.54, 1.807) is 12.1 Å². The van der Waals surface area contributed by atoms with E-state index in [0.29, 0.717) is 57.4 Å². The van der Waals surface area contributed by atoms with Crippen molar-refractivity contribution < 1.29 is 35.4 Å². The molecule has 0 N–H and O–H groups in total. The van der Waals surface area contributed by atoms with Crippen LogP contribution in [0.3, 0.4) is 0 Å². The number of aryl methyl sites for hydroxylation is 2. The molecule has 0 unspecified atom stereocenters. The number of hydrogen-bond acceptors (Lipinski definition) is 8. The standard InChI is InChI=1S/C35H37FN2O7S2/c1-43-34-24-29-31(25-35(34)44-2)37-20-19-32(29)45-33-18-17-28(23-30(33)36)38(46(39,40)21-9-15-26-11-5-3-6-12-26)47(41,42)22-10-16-27-13-7-4-8-14-27/h3-8,11-14,17-18,23-25H,9-10,15-16,19-22H2,1-2H3. The number of rotatable bonds is 15. The molecule has 248 valence electrons. The summed E-state index contributed by atoms with van der Waals surface area (Å²) in [5.41, 5.74) is 1.54. The van der Waals surface area contributed by atoms with Crippen LogP contribution in [0.1, 0.15) is 30.4 Å². The van der Waals surface area contributed by atoms with Crippen molar-refractivity contribution in [2.45, 2.75) is 32.1 Å². The highest BCUT2D eigenvalue weighted by molar-refractivity contribution is 8.10. The van der Waals surface area contributed by atoms with Crippen molar-refractivity contribution in [3.05, 3.63) is 119 Å². The molecule has 5 rings (SSSR count). The van der Waals surface area contributed by atoms with Gasteiger partial charge in [0.2, 0.25) is 20.0 Å². The second kappa shape index (κ2) is 15.0. The largest absolute Gasteiger partial charge is 0.493 e. The molecule has 0 saturated carbocycles. The first kappa shape index (κ1) is 33.9. The molecule has 0 amide bonds. The summed E-state index contributed by atoms with van der Waals surface area (Å²) in [5, 5.41) is 1.19. The first-order valence-corrected chi connectivity index (χ1v) is 18.4. The first-order valence-electron chi connectivity index (χ1n) is 15.2. The molecule has 1 aliphatic rings. The molecule has 12 heteroatoms. The highest BCUT2D eigenvalue weighted by atomic mass is 32.3. The van der Waals surface area contributed by atoms with Crippen molar-refractivity contribution in [2.75, 3.05) is 36.0 Å². The van der Waals surface area contributed by atoms with Crippen molar-refractivity contribution >= 4 is 31.5 Å². The third-order valence-electron chi connectivity index (χ3n) is 7.71. The van der Waals surface area contributed by atoms with Crippen LogP contribution in [0.25, 0.3) is 5.76 Å². The highest BCUT2D eigenvalue weighted by Gasteiger charge is 2.34. The first-order chi connectivity index (χ1) is 22.6. The van der Waals surface area contributed by atoms with Crippen LogP contribution >= 0.6 is 0 Å². The Balaban J connectivity index is 1.44. The van der Waals surface area contributed by atoms with Crippen molar-refractivity contribution in [3.8, 4) is 17.2 Å². The Kier molecular flexibility index (Phi) is 10.8. The molecule has 0 aromatic heterocycles. The van der Waals surface area contributed by atoms with Crippen molar-refractivity contribution in [2.24, 2.45) is 4.99 Å². The van der Waals surface area contributed by atoms with Gasteiger partial charge in [0.05, 0.1) is 36.8 Å². The minimum atomic E-state index is -4.41. The Morgan fingerprint density at radius 2 is 1.28 bits per heavy atom. The molecule has 0 fully saturated rings. The van der Waals surface area contributed by atoms with Crippen LogP contribution in [0.5, 0.6) is 17.2 Å². The molecule has 9 nitrogen and oxygen atoms in total. The van der Waals surface area contributed by atoms with Crippen molar-refractivity contribution in [3.63, 3.8) is 0 Å². The molecule has 1 heterocycles. The SMILES string of the molecule is COc1cc2c(cc1OC)=C(Oc1ccc(N(S(=O)(=O)CCCc3ccccc3)S(=O)(=O)CCCc3ccccc3)cc1F)CCN=2. The lowest BCUT2D eigenvalue weighted by Gasteiger charge is -2.24. The number of anilines is 1. The van der Waals surface area contributed by atoms with Gasteiger partial charge in [0.25, 0.3) is 0 Å². The average Bonchev–Trinajstić information content (AvgIpc) is 3.06. The van der Waals surface area contributed by atoms with Crippen LogP contribution in [0.2, 0.25) is 0 Å². The Bertz CT molecular complexity index is 1970. The van der Waals surface area contributed by atoms with Crippen LogP contribution in [0.4, 0.5) is 10.1 Å². The number of fused-ring (bicyclic) bond motifs is 1. The van der Waals surface area contributed by atoms with E-state index < -0.39 is 37.4 Å². The maximum Gasteiger partial charge on any atom is 0.248 e. The van der Waals surface area contributed by atoms with Gasteiger partial charge in [-0.05, 0) is 55.0 Å². The van der Waals surface area contributed by atoms with Gasteiger partial charge in [-0.3, -0.25) is 4.99 Å². The molecule has 1 aliphatic heterocycles. The van der Waals surface area contributed by atoms with Gasteiger partial charge in [0.15, 0.2) is 23.1 Å². The third-order valence-corrected chi connectivity index (χ3v) is 12.1. The van der Waals surface area contributed by atoms with Crippen molar-refractivity contribution in [1.82, 2.24) is 0 Å². The maximum absolute atomic E-state index is 15.7. The molecule has 0 atom stereocenters. The second-order valence-electron chi connectivity index (χ2n) is 11.0. The highest BCUT2D eigenvalue weighted by Crippen LogP contribution is 2.31. The van der Waals surface area contributed by atoms with Gasteiger partial charge in [-0.15, -0.1) is 0 Å². The van der Waals surface area contributed by atoms with E-state index in [0.717, 1.165) is 17.2 Å². The molecular formula is C35H37FN2O7S2. The number of benzene rings is 4. The van der Waals surface area contributed by atoms with Crippen LogP contribution in [-0.2, 0) is 32.9 Å². The number of hydrogen-bond donors (Lipinski definition) is 0. The number of nitrogens with zero attached hydrogens (tertiary/aromatic N) is 2. The van der Waals surface area contributed by atoms with Crippen molar-refractivity contribution in [1.29, 1.82) is 0 Å². The molecule has 0 radical (unpaired) electrons. The number of ether oxygens (including phenoxy) is 3. The Morgan fingerprint density at radius 3 is 1.81 bits per heavy atom. The van der Waals surface area contributed by atoms with Gasteiger partial charge in [0, 0.05) is 30.3 Å². The van der Waals surface area contributed by atoms with E-state index in [-0.39, 0.29) is 24.3 Å². The predicted molar refractivity (Wildman–Crippen MR) is 180 cm³/mol. The minimum Gasteiger partial charge on any atom is -0.493 e. The predicted octanol–water partition coefficient (Wildman–Crippen LogP) is 4.79. The zero-order valence-corrected chi connectivity index (χ0v) is 27.9. The van der Waals surface area contributed by atoms with E-state index >= 15 is 4.39 Å².